The molecule has 6 rings (SSSR count). The number of nitrogens with one attached hydrogen (secondary N) is 3. The molecule has 11 heteroatoms. The maximum atomic E-state index is 13.8. The number of anilines is 2. The van der Waals surface area contributed by atoms with Crippen LogP contribution in [0, 0.1) is 5.92 Å². The molecular weight excluding hydrogens is 653 g/mol. The van der Waals surface area contributed by atoms with Crippen LogP contribution < -0.4 is 16.0 Å². The highest BCUT2D eigenvalue weighted by Crippen LogP contribution is 2.39. The summed E-state index contributed by atoms with van der Waals surface area (Å²) in [4.78, 5) is 53.0. The molecule has 3 aromatic rings. The maximum Gasteiger partial charge on any atom is 0.317 e. The number of thiophene rings is 1. The van der Waals surface area contributed by atoms with Gasteiger partial charge in [0.05, 0.1) is 18.0 Å². The number of nitrogens with zero attached hydrogens (tertiary/aromatic N) is 1. The van der Waals surface area contributed by atoms with Crippen LogP contribution in [0.4, 0.5) is 10.7 Å². The molecule has 1 heterocycles. The first-order valence-electron chi connectivity index (χ1n) is 17.4. The van der Waals surface area contributed by atoms with E-state index in [1.165, 1.54) is 11.3 Å². The molecule has 262 valence electrons. The number of amides is 2. The molecule has 0 spiro atoms. The Bertz CT molecular complexity index is 1790. The molecule has 3 aliphatic carbocycles. The second-order valence-electron chi connectivity index (χ2n) is 13.3. The van der Waals surface area contributed by atoms with Gasteiger partial charge in [-0.2, -0.15) is 0 Å². The van der Waals surface area contributed by atoms with Crippen molar-refractivity contribution in [1.29, 1.82) is 0 Å². The van der Waals surface area contributed by atoms with Crippen LogP contribution in [0.15, 0.2) is 72.3 Å². The van der Waals surface area contributed by atoms with E-state index in [2.05, 4.69) is 20.9 Å². The molecule has 1 atom stereocenters. The molecule has 0 radical (unpaired) electrons. The van der Waals surface area contributed by atoms with E-state index in [1.54, 1.807) is 12.1 Å². The van der Waals surface area contributed by atoms with Crippen molar-refractivity contribution in [3.63, 3.8) is 0 Å². The zero-order valence-electron chi connectivity index (χ0n) is 28.1. The molecule has 5 N–H and O–H groups in total. The van der Waals surface area contributed by atoms with Crippen LogP contribution in [0.1, 0.15) is 80.8 Å². The summed E-state index contributed by atoms with van der Waals surface area (Å²) in [6.07, 6.45) is 13.8. The smallest absolute Gasteiger partial charge is 0.317 e. The number of carbonyl (C=O) groups is 4. The fourth-order valence-electron chi connectivity index (χ4n) is 6.63. The Morgan fingerprint density at radius 3 is 2.42 bits per heavy atom. The lowest BCUT2D eigenvalue weighted by atomic mass is 9.93. The second kappa shape index (κ2) is 16.4. The van der Waals surface area contributed by atoms with Crippen LogP contribution in [-0.4, -0.2) is 64.5 Å². The Balaban J connectivity index is 1.09. The average Bonchev–Trinajstić information content (AvgIpc) is 3.90. The zero-order valence-corrected chi connectivity index (χ0v) is 28.9. The number of allylic oxidation sites excluding steroid dienone is 3. The van der Waals surface area contributed by atoms with E-state index in [9.17, 15) is 24.3 Å². The van der Waals surface area contributed by atoms with E-state index in [-0.39, 0.29) is 18.4 Å². The van der Waals surface area contributed by atoms with Crippen LogP contribution in [0.3, 0.4) is 0 Å². The lowest BCUT2D eigenvalue weighted by Gasteiger charge is -2.22. The quantitative estimate of drug-likeness (QED) is 0.110. The normalized spacial score (nSPS) is 16.8. The molecule has 3 aliphatic rings. The highest BCUT2D eigenvalue weighted by atomic mass is 32.1. The van der Waals surface area contributed by atoms with Crippen LogP contribution in [-0.2, 0) is 35.4 Å². The fraction of sp³-hybridized carbons (Fsp3) is 0.385. The van der Waals surface area contributed by atoms with Gasteiger partial charge in [-0.15, -0.1) is 11.3 Å². The Morgan fingerprint density at radius 1 is 0.900 bits per heavy atom. The number of fused-ring (bicyclic) bond motifs is 1. The van der Waals surface area contributed by atoms with Gasteiger partial charge in [-0.1, -0.05) is 48.1 Å². The predicted molar refractivity (Wildman–Crippen MR) is 195 cm³/mol. The van der Waals surface area contributed by atoms with Crippen LogP contribution in [0.2, 0.25) is 0 Å². The van der Waals surface area contributed by atoms with Gasteiger partial charge >= 0.3 is 11.9 Å². The maximum absolute atomic E-state index is 13.8. The van der Waals surface area contributed by atoms with Gasteiger partial charge in [-0.3, -0.25) is 24.1 Å². The monoisotopic (exact) mass is 696 g/mol. The molecule has 1 unspecified atom stereocenters. The van der Waals surface area contributed by atoms with E-state index < -0.39 is 17.9 Å². The van der Waals surface area contributed by atoms with E-state index >= 15 is 0 Å². The summed E-state index contributed by atoms with van der Waals surface area (Å²) in [6.45, 7) is 1.91. The number of benzene rings is 2. The molecule has 0 saturated heterocycles. The highest BCUT2D eigenvalue weighted by Gasteiger charge is 2.29. The minimum absolute atomic E-state index is 0.0658. The van der Waals surface area contributed by atoms with E-state index in [4.69, 9.17) is 5.11 Å². The predicted octanol–water partition coefficient (Wildman–Crippen LogP) is 6.29. The Kier molecular flexibility index (Phi) is 11.6. The Hall–Kier alpha value is -4.58. The first-order valence-corrected chi connectivity index (χ1v) is 18.3. The molecule has 50 heavy (non-hydrogen) atoms. The summed E-state index contributed by atoms with van der Waals surface area (Å²) in [5, 5.41) is 27.8. The van der Waals surface area contributed by atoms with E-state index in [1.807, 2.05) is 54.6 Å². The largest absolute Gasteiger partial charge is 0.481 e. The van der Waals surface area contributed by atoms with Crippen molar-refractivity contribution in [2.45, 2.75) is 70.4 Å². The number of rotatable bonds is 16. The molecule has 1 saturated carbocycles. The van der Waals surface area contributed by atoms with Gasteiger partial charge in [0.25, 0.3) is 11.8 Å². The number of carboxylic acid groups (broad SMARTS) is 2. The number of carboxylic acids is 2. The topological polar surface area (TPSA) is 148 Å². The number of aliphatic carboxylic acids is 2. The standard InChI is InChI=1S/C39H44N4O6S/c44-34(45)23-40-20-21-43(31-18-19-31)24-27-4-3-5-29(22-27)36(46)42-38-35(32-6-1-2-7-33(32)50-38)37(47)41-30-16-12-26(13-17-30)9-8-25-10-14-28(15-11-25)39(48)49/h3-5,10-14,16-17,22,28,31,40H,1-2,6-9,15,18-21,23-24H2,(H,41,47)(H,42,46)(H,44,45)(H,48,49). The first kappa shape index (κ1) is 35.3. The number of carbonyl (C=O) groups excluding carboxylic acids is 2. The molecule has 2 amide bonds. The van der Waals surface area contributed by atoms with Gasteiger partial charge in [-0.25, -0.2) is 0 Å². The summed E-state index contributed by atoms with van der Waals surface area (Å²) >= 11 is 1.50. The summed E-state index contributed by atoms with van der Waals surface area (Å²) in [5.41, 5.74) is 6.03. The molecule has 2 aromatic carbocycles. The van der Waals surface area contributed by atoms with Crippen molar-refractivity contribution in [3.05, 3.63) is 105 Å². The summed E-state index contributed by atoms with van der Waals surface area (Å²) in [5.74, 6) is -2.61. The second-order valence-corrected chi connectivity index (χ2v) is 14.4. The SMILES string of the molecule is O=C(O)CNCCN(Cc1cccc(C(=O)Nc2sc3c(c2C(=O)Nc2ccc(CCC4=CCC(C(=O)O)C=C4)cc2)CCCC3)c1)C1CC1. The summed E-state index contributed by atoms with van der Waals surface area (Å²) in [6, 6.07) is 15.8. The van der Waals surface area contributed by atoms with Gasteiger partial charge in [0.1, 0.15) is 5.00 Å². The van der Waals surface area contributed by atoms with Gasteiger partial charge < -0.3 is 26.2 Å². The number of aryl methyl sites for hydroxylation is 2. The van der Waals surface area contributed by atoms with Crippen LogP contribution in [0.25, 0.3) is 0 Å². The van der Waals surface area contributed by atoms with Crippen LogP contribution >= 0.6 is 11.3 Å². The van der Waals surface area contributed by atoms with Crippen molar-refractivity contribution in [2.75, 3.05) is 30.3 Å². The number of hydrogen-bond donors (Lipinski definition) is 5. The van der Waals surface area contributed by atoms with Gasteiger partial charge in [0.2, 0.25) is 0 Å². The highest BCUT2D eigenvalue weighted by molar-refractivity contribution is 7.17. The third-order valence-corrected chi connectivity index (χ3v) is 10.7. The lowest BCUT2D eigenvalue weighted by molar-refractivity contribution is -0.140. The van der Waals surface area contributed by atoms with E-state index in [0.29, 0.717) is 47.4 Å². The van der Waals surface area contributed by atoms with Crippen LogP contribution in [0.5, 0.6) is 0 Å². The Labute approximate surface area is 296 Å². The molecule has 1 aromatic heterocycles. The summed E-state index contributed by atoms with van der Waals surface area (Å²) < 4.78 is 0. The van der Waals surface area contributed by atoms with Gasteiger partial charge in [-0.05, 0) is 98.7 Å². The minimum atomic E-state index is -0.874. The third kappa shape index (κ3) is 9.35. The minimum Gasteiger partial charge on any atom is -0.481 e. The van der Waals surface area contributed by atoms with Crippen molar-refractivity contribution in [3.8, 4) is 0 Å². The first-order chi connectivity index (χ1) is 24.2. The third-order valence-electron chi connectivity index (χ3n) is 9.52. The lowest BCUT2D eigenvalue weighted by Crippen LogP contribution is -2.35. The van der Waals surface area contributed by atoms with Crippen molar-refractivity contribution >= 4 is 45.8 Å². The Morgan fingerprint density at radius 2 is 1.70 bits per heavy atom. The molecule has 1 fully saturated rings. The molecule has 0 aliphatic heterocycles. The molecular formula is C39H44N4O6S. The average molecular weight is 697 g/mol. The number of hydrogen-bond acceptors (Lipinski definition) is 7. The van der Waals surface area contributed by atoms with Crippen molar-refractivity contribution in [1.82, 2.24) is 10.2 Å². The van der Waals surface area contributed by atoms with Crippen molar-refractivity contribution < 1.29 is 29.4 Å². The van der Waals surface area contributed by atoms with Gasteiger partial charge in [0, 0.05) is 41.8 Å². The van der Waals surface area contributed by atoms with E-state index in [0.717, 1.165) is 85.1 Å². The summed E-state index contributed by atoms with van der Waals surface area (Å²) in [7, 11) is 0. The van der Waals surface area contributed by atoms with Crippen molar-refractivity contribution in [2.24, 2.45) is 5.92 Å². The fourth-order valence-corrected chi connectivity index (χ4v) is 7.92. The molecule has 10 nitrogen and oxygen atoms in total. The zero-order chi connectivity index (χ0) is 35.0. The van der Waals surface area contributed by atoms with Gasteiger partial charge in [0.15, 0.2) is 0 Å². The molecule has 0 bridgehead atoms.